The number of hydrogen-bond acceptors (Lipinski definition) is 4. The van der Waals surface area contributed by atoms with Gasteiger partial charge in [0.25, 0.3) is 0 Å². The Balaban J connectivity index is 2.86. The normalized spacial score (nSPS) is 14.5. The molecule has 0 saturated carbocycles. The van der Waals surface area contributed by atoms with Crippen LogP contribution in [0.4, 0.5) is 0 Å². The van der Waals surface area contributed by atoms with Crippen LogP contribution in [0.3, 0.4) is 0 Å². The third kappa shape index (κ3) is 3.13. The largest absolute Gasteiger partial charge is 0.303 e. The number of hydrogen-bond donors (Lipinski definition) is 0. The van der Waals surface area contributed by atoms with Gasteiger partial charge in [0.05, 0.1) is 5.92 Å². The fourth-order valence-corrected chi connectivity index (χ4v) is 2.47. The molecule has 0 unspecified atom stereocenters. The number of thiophene rings is 1. The molecule has 0 aromatic carbocycles. The standard InChI is InChI=1S/C10H13NO3S/c1-2-8(7-12)9(6-11(13)14)10-4-3-5-15-10/h3-5,7-9H,2,6H2,1H3/t8-,9-/m1/s1. The topological polar surface area (TPSA) is 60.2 Å². The van der Waals surface area contributed by atoms with Gasteiger partial charge in [0.1, 0.15) is 6.29 Å². The zero-order valence-electron chi connectivity index (χ0n) is 8.46. The minimum atomic E-state index is -0.351. The minimum Gasteiger partial charge on any atom is -0.303 e. The van der Waals surface area contributed by atoms with E-state index >= 15 is 0 Å². The first-order valence-corrected chi connectivity index (χ1v) is 5.67. The summed E-state index contributed by atoms with van der Waals surface area (Å²) in [6, 6.07) is 3.70. The molecule has 0 aliphatic rings. The Morgan fingerprint density at radius 1 is 1.67 bits per heavy atom. The maximum absolute atomic E-state index is 10.8. The van der Waals surface area contributed by atoms with Crippen LogP contribution in [0, 0.1) is 16.0 Å². The van der Waals surface area contributed by atoms with Crippen LogP contribution in [0.1, 0.15) is 24.1 Å². The van der Waals surface area contributed by atoms with E-state index in [1.165, 1.54) is 11.3 Å². The van der Waals surface area contributed by atoms with E-state index in [2.05, 4.69) is 0 Å². The molecule has 0 bridgehead atoms. The van der Waals surface area contributed by atoms with E-state index in [4.69, 9.17) is 0 Å². The third-order valence-corrected chi connectivity index (χ3v) is 3.42. The molecule has 0 saturated heterocycles. The number of rotatable bonds is 6. The van der Waals surface area contributed by atoms with Crippen molar-refractivity contribution in [3.63, 3.8) is 0 Å². The van der Waals surface area contributed by atoms with Crippen LogP contribution in [0.15, 0.2) is 17.5 Å². The zero-order chi connectivity index (χ0) is 11.3. The van der Waals surface area contributed by atoms with Gasteiger partial charge in [-0.3, -0.25) is 10.1 Å². The second-order valence-corrected chi connectivity index (χ2v) is 4.32. The summed E-state index contributed by atoms with van der Waals surface area (Å²) in [4.78, 5) is 21.9. The molecule has 0 spiro atoms. The molecule has 1 aromatic rings. The first kappa shape index (κ1) is 11.8. The SMILES string of the molecule is CC[C@H](C=O)[C@@H](C[N+](=O)[O-])c1cccs1. The molecule has 2 atom stereocenters. The van der Waals surface area contributed by atoms with Crippen LogP contribution in [0.5, 0.6) is 0 Å². The molecule has 0 N–H and O–H groups in total. The highest BCUT2D eigenvalue weighted by atomic mass is 32.1. The van der Waals surface area contributed by atoms with Gasteiger partial charge in [0, 0.05) is 15.7 Å². The molecule has 0 fully saturated rings. The van der Waals surface area contributed by atoms with Gasteiger partial charge in [-0.2, -0.15) is 0 Å². The lowest BCUT2D eigenvalue weighted by molar-refractivity contribution is -0.484. The van der Waals surface area contributed by atoms with E-state index in [1.54, 1.807) is 0 Å². The summed E-state index contributed by atoms with van der Waals surface area (Å²) in [5.41, 5.74) is 0. The highest BCUT2D eigenvalue weighted by molar-refractivity contribution is 7.10. The van der Waals surface area contributed by atoms with E-state index in [-0.39, 0.29) is 23.3 Å². The van der Waals surface area contributed by atoms with Crippen molar-refractivity contribution in [3.8, 4) is 0 Å². The van der Waals surface area contributed by atoms with Crippen LogP contribution in [0.25, 0.3) is 0 Å². The molecule has 1 rings (SSSR count). The van der Waals surface area contributed by atoms with Crippen molar-refractivity contribution in [1.29, 1.82) is 0 Å². The zero-order valence-corrected chi connectivity index (χ0v) is 9.28. The Morgan fingerprint density at radius 2 is 2.40 bits per heavy atom. The molecule has 4 nitrogen and oxygen atoms in total. The summed E-state index contributed by atoms with van der Waals surface area (Å²) in [6.45, 7) is 1.71. The van der Waals surface area contributed by atoms with Gasteiger partial charge in [0.15, 0.2) is 0 Å². The number of nitro groups is 1. The van der Waals surface area contributed by atoms with Gasteiger partial charge in [-0.25, -0.2) is 0 Å². The van der Waals surface area contributed by atoms with E-state index in [0.717, 1.165) is 11.2 Å². The predicted octanol–water partition coefficient (Wildman–Crippen LogP) is 2.33. The summed E-state index contributed by atoms with van der Waals surface area (Å²) in [6.07, 6.45) is 1.47. The monoisotopic (exact) mass is 227 g/mol. The second-order valence-electron chi connectivity index (χ2n) is 3.35. The lowest BCUT2D eigenvalue weighted by atomic mass is 9.90. The highest BCUT2D eigenvalue weighted by Gasteiger charge is 2.27. The molecule has 1 aromatic heterocycles. The average Bonchev–Trinajstić information content (AvgIpc) is 2.70. The quantitative estimate of drug-likeness (QED) is 0.425. The summed E-state index contributed by atoms with van der Waals surface area (Å²) in [7, 11) is 0. The van der Waals surface area contributed by atoms with Crippen LogP contribution >= 0.6 is 11.3 Å². The fourth-order valence-electron chi connectivity index (χ4n) is 1.57. The van der Waals surface area contributed by atoms with Crippen LogP contribution < -0.4 is 0 Å². The molecule has 0 aliphatic carbocycles. The van der Waals surface area contributed by atoms with Crippen molar-refractivity contribution < 1.29 is 9.72 Å². The van der Waals surface area contributed by atoms with Crippen molar-refractivity contribution in [2.75, 3.05) is 6.54 Å². The maximum atomic E-state index is 10.8. The van der Waals surface area contributed by atoms with Gasteiger partial charge in [0.2, 0.25) is 6.54 Å². The van der Waals surface area contributed by atoms with E-state index in [1.807, 2.05) is 24.4 Å². The van der Waals surface area contributed by atoms with Gasteiger partial charge >= 0.3 is 0 Å². The molecule has 15 heavy (non-hydrogen) atoms. The van der Waals surface area contributed by atoms with Gasteiger partial charge in [-0.05, 0) is 17.9 Å². The number of nitrogens with zero attached hydrogens (tertiary/aromatic N) is 1. The molecule has 0 radical (unpaired) electrons. The van der Waals surface area contributed by atoms with Crippen molar-refractivity contribution in [1.82, 2.24) is 0 Å². The molecule has 5 heteroatoms. The van der Waals surface area contributed by atoms with Gasteiger partial charge in [-0.15, -0.1) is 11.3 Å². The van der Waals surface area contributed by atoms with Crippen LogP contribution in [-0.2, 0) is 4.79 Å². The van der Waals surface area contributed by atoms with E-state index in [0.29, 0.717) is 6.42 Å². The lowest BCUT2D eigenvalue weighted by Gasteiger charge is -2.16. The second kappa shape index (κ2) is 5.60. The molecule has 82 valence electrons. The van der Waals surface area contributed by atoms with E-state index < -0.39 is 0 Å². The molecule has 1 heterocycles. The van der Waals surface area contributed by atoms with Crippen molar-refractivity contribution in [2.45, 2.75) is 19.3 Å². The summed E-state index contributed by atoms with van der Waals surface area (Å²) in [5, 5.41) is 12.4. The Labute approximate surface area is 92.1 Å². The fraction of sp³-hybridized carbons (Fsp3) is 0.500. The smallest absolute Gasteiger partial charge is 0.212 e. The molecule has 0 aliphatic heterocycles. The number of carbonyl (C=O) groups excluding carboxylic acids is 1. The summed E-state index contributed by atoms with van der Waals surface area (Å²) >= 11 is 1.47. The highest BCUT2D eigenvalue weighted by Crippen LogP contribution is 2.29. The number of aldehydes is 1. The predicted molar refractivity (Wildman–Crippen MR) is 58.8 cm³/mol. The number of carbonyl (C=O) groups is 1. The van der Waals surface area contributed by atoms with E-state index in [9.17, 15) is 14.9 Å². The lowest BCUT2D eigenvalue weighted by Crippen LogP contribution is -2.21. The maximum Gasteiger partial charge on any atom is 0.212 e. The molecular weight excluding hydrogens is 214 g/mol. The Bertz CT molecular complexity index is 323. The third-order valence-electron chi connectivity index (χ3n) is 2.42. The first-order valence-electron chi connectivity index (χ1n) is 4.79. The van der Waals surface area contributed by atoms with Gasteiger partial charge in [-0.1, -0.05) is 13.0 Å². The average molecular weight is 227 g/mol. The van der Waals surface area contributed by atoms with Crippen molar-refractivity contribution >= 4 is 17.6 Å². The molecule has 0 amide bonds. The Kier molecular flexibility index (Phi) is 4.42. The van der Waals surface area contributed by atoms with Crippen molar-refractivity contribution in [3.05, 3.63) is 32.5 Å². The molecular formula is C10H13NO3S. The van der Waals surface area contributed by atoms with Crippen LogP contribution in [-0.4, -0.2) is 17.8 Å². The Hall–Kier alpha value is -1.23. The summed E-state index contributed by atoms with van der Waals surface area (Å²) < 4.78 is 0. The van der Waals surface area contributed by atoms with Gasteiger partial charge < -0.3 is 4.79 Å². The Morgan fingerprint density at radius 3 is 2.80 bits per heavy atom. The first-order chi connectivity index (χ1) is 7.19. The van der Waals surface area contributed by atoms with Crippen LogP contribution in [0.2, 0.25) is 0 Å². The summed E-state index contributed by atoms with van der Waals surface area (Å²) in [5.74, 6) is -0.531. The minimum absolute atomic E-state index is 0.169. The van der Waals surface area contributed by atoms with Crippen molar-refractivity contribution in [2.24, 2.45) is 5.92 Å².